The van der Waals surface area contributed by atoms with Crippen LogP contribution in [-0.4, -0.2) is 29.7 Å². The summed E-state index contributed by atoms with van der Waals surface area (Å²) < 4.78 is 10.5. The normalized spacial score (nSPS) is 26.1. The fourth-order valence-corrected chi connectivity index (χ4v) is 3.11. The van der Waals surface area contributed by atoms with Crippen molar-refractivity contribution in [3.8, 4) is 11.5 Å². The van der Waals surface area contributed by atoms with E-state index in [2.05, 4.69) is 5.32 Å². The molecule has 17 heavy (non-hydrogen) atoms. The average molecular weight is 253 g/mol. The van der Waals surface area contributed by atoms with E-state index < -0.39 is 12.0 Å². The summed E-state index contributed by atoms with van der Waals surface area (Å²) in [5, 5.41) is 12.0. The molecule has 1 saturated heterocycles. The number of carbonyl (C=O) groups is 1. The predicted molar refractivity (Wildman–Crippen MR) is 62.3 cm³/mol. The van der Waals surface area contributed by atoms with Gasteiger partial charge in [-0.25, -0.2) is 0 Å². The fourth-order valence-electron chi connectivity index (χ4n) is 1.88. The molecule has 5 nitrogen and oxygen atoms in total. The first kappa shape index (κ1) is 10.7. The van der Waals surface area contributed by atoms with Crippen LogP contribution in [0, 0.1) is 0 Å². The van der Waals surface area contributed by atoms with E-state index in [1.54, 1.807) is 11.8 Å². The van der Waals surface area contributed by atoms with E-state index in [4.69, 9.17) is 14.6 Å². The largest absolute Gasteiger partial charge is 0.480 e. The summed E-state index contributed by atoms with van der Waals surface area (Å²) in [5.74, 6) is 1.24. The van der Waals surface area contributed by atoms with Crippen molar-refractivity contribution in [1.82, 2.24) is 5.32 Å². The quantitative estimate of drug-likeness (QED) is 0.825. The molecule has 90 valence electrons. The van der Waals surface area contributed by atoms with Gasteiger partial charge in [0.25, 0.3) is 0 Å². The first-order valence-electron chi connectivity index (χ1n) is 5.24. The van der Waals surface area contributed by atoms with Gasteiger partial charge in [-0.2, -0.15) is 0 Å². The van der Waals surface area contributed by atoms with Gasteiger partial charge in [0.05, 0.1) is 5.37 Å². The highest BCUT2D eigenvalue weighted by Crippen LogP contribution is 2.39. The van der Waals surface area contributed by atoms with Crippen molar-refractivity contribution in [1.29, 1.82) is 0 Å². The van der Waals surface area contributed by atoms with Gasteiger partial charge < -0.3 is 14.6 Å². The number of ether oxygens (including phenoxy) is 2. The molecule has 1 aromatic rings. The summed E-state index contributed by atoms with van der Waals surface area (Å²) >= 11 is 1.59. The Labute approximate surface area is 102 Å². The summed E-state index contributed by atoms with van der Waals surface area (Å²) in [6.45, 7) is 0.252. The van der Waals surface area contributed by atoms with Crippen molar-refractivity contribution >= 4 is 17.7 Å². The molecule has 0 radical (unpaired) electrons. The Hall–Kier alpha value is -1.40. The zero-order chi connectivity index (χ0) is 11.8. The van der Waals surface area contributed by atoms with E-state index in [9.17, 15) is 4.79 Å². The molecular formula is C11H11NO4S. The topological polar surface area (TPSA) is 67.8 Å². The molecule has 0 saturated carbocycles. The van der Waals surface area contributed by atoms with Crippen molar-refractivity contribution in [2.24, 2.45) is 0 Å². The van der Waals surface area contributed by atoms with Crippen LogP contribution < -0.4 is 14.8 Å². The van der Waals surface area contributed by atoms with Gasteiger partial charge in [-0.05, 0) is 17.7 Å². The SMILES string of the molecule is O=C(O)[C@H]1CS[C@@H](c2ccc3c(c2)OCO3)N1. The Morgan fingerprint density at radius 3 is 3.00 bits per heavy atom. The van der Waals surface area contributed by atoms with Gasteiger partial charge in [-0.1, -0.05) is 6.07 Å². The number of fused-ring (bicyclic) bond motifs is 1. The molecular weight excluding hydrogens is 242 g/mol. The van der Waals surface area contributed by atoms with E-state index >= 15 is 0 Å². The van der Waals surface area contributed by atoms with Gasteiger partial charge in [0, 0.05) is 5.75 Å². The monoisotopic (exact) mass is 253 g/mol. The molecule has 0 aromatic heterocycles. The molecule has 2 aliphatic heterocycles. The van der Waals surface area contributed by atoms with Gasteiger partial charge in [0.15, 0.2) is 11.5 Å². The minimum absolute atomic E-state index is 0.00519. The van der Waals surface area contributed by atoms with Crippen LogP contribution >= 0.6 is 11.8 Å². The second kappa shape index (κ2) is 4.12. The van der Waals surface area contributed by atoms with Crippen LogP contribution in [0.25, 0.3) is 0 Å². The number of aliphatic carboxylic acids is 1. The first-order chi connectivity index (χ1) is 8.24. The van der Waals surface area contributed by atoms with E-state index in [0.29, 0.717) is 5.75 Å². The van der Waals surface area contributed by atoms with E-state index in [1.807, 2.05) is 18.2 Å². The lowest BCUT2D eigenvalue weighted by Crippen LogP contribution is -2.33. The molecule has 2 aliphatic rings. The Morgan fingerprint density at radius 1 is 1.41 bits per heavy atom. The third kappa shape index (κ3) is 1.94. The van der Waals surface area contributed by atoms with Gasteiger partial charge in [0.2, 0.25) is 6.79 Å². The smallest absolute Gasteiger partial charge is 0.321 e. The zero-order valence-corrected chi connectivity index (χ0v) is 9.70. The Balaban J connectivity index is 1.79. The molecule has 6 heteroatoms. The summed E-state index contributed by atoms with van der Waals surface area (Å²) in [5.41, 5.74) is 1.02. The Morgan fingerprint density at radius 2 is 2.24 bits per heavy atom. The van der Waals surface area contributed by atoms with Crippen molar-refractivity contribution < 1.29 is 19.4 Å². The molecule has 3 rings (SSSR count). The fraction of sp³-hybridized carbons (Fsp3) is 0.364. The number of rotatable bonds is 2. The minimum Gasteiger partial charge on any atom is -0.480 e. The number of hydrogen-bond donors (Lipinski definition) is 2. The molecule has 1 fully saturated rings. The molecule has 1 aromatic carbocycles. The standard InChI is InChI=1S/C11H11NO4S/c13-11(14)7-4-17-10(12-7)6-1-2-8-9(3-6)16-5-15-8/h1-3,7,10,12H,4-5H2,(H,13,14)/t7-,10+/m1/s1. The van der Waals surface area contributed by atoms with Crippen LogP contribution in [0.5, 0.6) is 11.5 Å². The maximum absolute atomic E-state index is 10.8. The lowest BCUT2D eigenvalue weighted by atomic mass is 10.2. The van der Waals surface area contributed by atoms with Crippen molar-refractivity contribution in [3.63, 3.8) is 0 Å². The number of hydrogen-bond acceptors (Lipinski definition) is 5. The van der Waals surface area contributed by atoms with Crippen molar-refractivity contribution in [3.05, 3.63) is 23.8 Å². The van der Waals surface area contributed by atoms with E-state index in [1.165, 1.54) is 0 Å². The molecule has 2 heterocycles. The number of benzene rings is 1. The zero-order valence-electron chi connectivity index (χ0n) is 8.88. The predicted octanol–water partition coefficient (Wildman–Crippen LogP) is 1.20. The summed E-state index contributed by atoms with van der Waals surface area (Å²) in [6.07, 6.45) is 0. The van der Waals surface area contributed by atoms with Crippen LogP contribution in [0.2, 0.25) is 0 Å². The lowest BCUT2D eigenvalue weighted by molar-refractivity contribution is -0.138. The summed E-state index contributed by atoms with van der Waals surface area (Å²) in [4.78, 5) is 10.8. The van der Waals surface area contributed by atoms with E-state index in [-0.39, 0.29) is 12.2 Å². The van der Waals surface area contributed by atoms with Gasteiger partial charge in [-0.3, -0.25) is 10.1 Å². The van der Waals surface area contributed by atoms with Gasteiger partial charge >= 0.3 is 5.97 Å². The number of nitrogens with one attached hydrogen (secondary N) is 1. The van der Waals surface area contributed by atoms with Crippen LogP contribution in [0.4, 0.5) is 0 Å². The van der Waals surface area contributed by atoms with Crippen LogP contribution in [0.15, 0.2) is 18.2 Å². The van der Waals surface area contributed by atoms with E-state index in [0.717, 1.165) is 17.1 Å². The Bertz CT molecular complexity index is 465. The number of thioether (sulfide) groups is 1. The molecule has 0 aliphatic carbocycles. The van der Waals surface area contributed by atoms with Gasteiger partial charge in [0.1, 0.15) is 6.04 Å². The first-order valence-corrected chi connectivity index (χ1v) is 6.29. The second-order valence-electron chi connectivity index (χ2n) is 3.88. The highest BCUT2D eigenvalue weighted by Gasteiger charge is 2.31. The molecule has 0 unspecified atom stereocenters. The Kier molecular flexibility index (Phi) is 2.60. The molecule has 0 amide bonds. The third-order valence-corrected chi connectivity index (χ3v) is 4.05. The summed E-state index contributed by atoms with van der Waals surface area (Å²) in [7, 11) is 0. The molecule has 2 atom stereocenters. The van der Waals surface area contributed by atoms with Crippen molar-refractivity contribution in [2.45, 2.75) is 11.4 Å². The average Bonchev–Trinajstić information content (AvgIpc) is 2.97. The number of carboxylic acids is 1. The minimum atomic E-state index is -0.805. The molecule has 2 N–H and O–H groups in total. The summed E-state index contributed by atoms with van der Waals surface area (Å²) in [6, 6.07) is 5.21. The number of carboxylic acid groups (broad SMARTS) is 1. The molecule has 0 spiro atoms. The van der Waals surface area contributed by atoms with Gasteiger partial charge in [-0.15, -0.1) is 11.8 Å². The van der Waals surface area contributed by atoms with Crippen LogP contribution in [-0.2, 0) is 4.79 Å². The highest BCUT2D eigenvalue weighted by atomic mass is 32.2. The maximum atomic E-state index is 10.8. The van der Waals surface area contributed by atoms with Crippen molar-refractivity contribution in [2.75, 3.05) is 12.5 Å². The lowest BCUT2D eigenvalue weighted by Gasteiger charge is -2.11. The van der Waals surface area contributed by atoms with Crippen LogP contribution in [0.3, 0.4) is 0 Å². The third-order valence-electron chi connectivity index (χ3n) is 2.78. The molecule has 0 bridgehead atoms. The maximum Gasteiger partial charge on any atom is 0.321 e. The highest BCUT2D eigenvalue weighted by molar-refractivity contribution is 7.99. The van der Waals surface area contributed by atoms with Crippen LogP contribution in [0.1, 0.15) is 10.9 Å². The second-order valence-corrected chi connectivity index (χ2v) is 5.02.